The first-order chi connectivity index (χ1) is 19.4. The van der Waals surface area contributed by atoms with E-state index >= 15 is 0 Å². The van der Waals surface area contributed by atoms with Crippen LogP contribution in [0.15, 0.2) is 75.5 Å². The monoisotopic (exact) mass is 574 g/mol. The van der Waals surface area contributed by atoms with Gasteiger partial charge < -0.3 is 20.5 Å². The van der Waals surface area contributed by atoms with Crippen LogP contribution < -0.4 is 25.4 Å². The van der Waals surface area contributed by atoms with Gasteiger partial charge in [0.05, 0.1) is 37.5 Å². The van der Waals surface area contributed by atoms with Crippen molar-refractivity contribution in [1.82, 2.24) is 10.2 Å². The number of nitriles is 1. The fourth-order valence-electron chi connectivity index (χ4n) is 4.84. The van der Waals surface area contributed by atoms with E-state index in [0.717, 1.165) is 11.3 Å². The summed E-state index contributed by atoms with van der Waals surface area (Å²) in [6.45, 7) is 0. The number of nitrogens with two attached hydrogens (primary N) is 1. The lowest BCUT2D eigenvalue weighted by molar-refractivity contribution is -0.116. The van der Waals surface area contributed by atoms with E-state index in [1.54, 1.807) is 43.4 Å². The van der Waals surface area contributed by atoms with Crippen molar-refractivity contribution in [3.63, 3.8) is 0 Å². The smallest absolute Gasteiger partial charge is 0.234 e. The van der Waals surface area contributed by atoms with Gasteiger partial charge in [-0.1, -0.05) is 41.3 Å². The van der Waals surface area contributed by atoms with E-state index in [9.17, 15) is 14.9 Å². The number of anilines is 2. The number of aromatic nitrogens is 2. The van der Waals surface area contributed by atoms with Crippen LogP contribution in [0.1, 0.15) is 30.7 Å². The zero-order valence-corrected chi connectivity index (χ0v) is 23.5. The summed E-state index contributed by atoms with van der Waals surface area (Å²) >= 11 is 2.49. The van der Waals surface area contributed by atoms with Gasteiger partial charge in [0, 0.05) is 29.4 Å². The van der Waals surface area contributed by atoms with Gasteiger partial charge in [-0.05, 0) is 42.7 Å². The number of nitrogens with one attached hydrogen (secondary N) is 1. The number of benzene rings is 2. The third-order valence-electron chi connectivity index (χ3n) is 6.61. The van der Waals surface area contributed by atoms with Gasteiger partial charge in [-0.3, -0.25) is 14.5 Å². The van der Waals surface area contributed by atoms with Gasteiger partial charge in [0.15, 0.2) is 10.1 Å². The second-order valence-corrected chi connectivity index (χ2v) is 11.2. The van der Waals surface area contributed by atoms with Crippen LogP contribution in [0, 0.1) is 11.3 Å². The van der Waals surface area contributed by atoms with Crippen LogP contribution in [0.4, 0.5) is 10.8 Å². The first kappa shape index (κ1) is 27.2. The molecule has 3 N–H and O–H groups in total. The maximum Gasteiger partial charge on any atom is 0.234 e. The molecular formula is C28H26N6O4S2. The SMILES string of the molecule is COc1cccc(NC(=O)CSc2nnc(N3C(N)=C(C#N)C(c4cccc(OC)c4)C4=C3CCCC4=O)s2)c1. The Bertz CT molecular complexity index is 1570. The van der Waals surface area contributed by atoms with Gasteiger partial charge in [0.2, 0.25) is 11.0 Å². The van der Waals surface area contributed by atoms with Crippen LogP contribution in [0.2, 0.25) is 0 Å². The maximum atomic E-state index is 13.3. The molecule has 1 aliphatic heterocycles. The second-order valence-electron chi connectivity index (χ2n) is 9.01. The molecule has 2 aliphatic rings. The van der Waals surface area contributed by atoms with Crippen molar-refractivity contribution >= 4 is 45.6 Å². The zero-order chi connectivity index (χ0) is 28.2. The van der Waals surface area contributed by atoms with E-state index in [-0.39, 0.29) is 28.8 Å². The summed E-state index contributed by atoms with van der Waals surface area (Å²) in [5.74, 6) is 0.781. The van der Waals surface area contributed by atoms with Crippen molar-refractivity contribution in [1.29, 1.82) is 5.26 Å². The molecule has 5 rings (SSSR count). The molecule has 204 valence electrons. The zero-order valence-electron chi connectivity index (χ0n) is 21.8. The van der Waals surface area contributed by atoms with Gasteiger partial charge in [0.25, 0.3) is 0 Å². The number of carbonyl (C=O) groups is 2. The summed E-state index contributed by atoms with van der Waals surface area (Å²) in [5, 5.41) is 22.0. The van der Waals surface area contributed by atoms with Gasteiger partial charge in [0.1, 0.15) is 17.3 Å². The van der Waals surface area contributed by atoms with Crippen molar-refractivity contribution in [3.8, 4) is 17.6 Å². The predicted octanol–water partition coefficient (Wildman–Crippen LogP) is 4.59. The number of nitrogens with zero attached hydrogens (tertiary/aromatic N) is 4. The van der Waals surface area contributed by atoms with Crippen molar-refractivity contribution in [2.75, 3.05) is 30.2 Å². The average Bonchev–Trinajstić information content (AvgIpc) is 3.44. The second kappa shape index (κ2) is 11.8. The van der Waals surface area contributed by atoms with E-state index in [4.69, 9.17) is 15.2 Å². The number of ketones is 1. The molecule has 10 nitrogen and oxygen atoms in total. The summed E-state index contributed by atoms with van der Waals surface area (Å²) < 4.78 is 11.1. The van der Waals surface area contributed by atoms with Crippen molar-refractivity contribution in [2.45, 2.75) is 29.5 Å². The highest BCUT2D eigenvalue weighted by Crippen LogP contribution is 2.47. The number of amides is 1. The van der Waals surface area contributed by atoms with Crippen molar-refractivity contribution < 1.29 is 19.1 Å². The Morgan fingerprint density at radius 1 is 1.18 bits per heavy atom. The summed E-state index contributed by atoms with van der Waals surface area (Å²) in [6, 6.07) is 16.7. The molecule has 1 unspecified atom stereocenters. The standard InChI is InChI=1S/C28H26N6O4S2/c1-37-18-8-3-6-16(12-18)24-20(14-29)26(30)34(21-10-5-11-22(35)25(21)24)27-32-33-28(40-27)39-15-23(36)31-17-7-4-9-19(13-17)38-2/h3-4,6-9,12-13,24H,5,10-11,15,30H2,1-2H3,(H,31,36). The first-order valence-corrected chi connectivity index (χ1v) is 14.2. The normalized spacial score (nSPS) is 16.9. The molecule has 2 aromatic carbocycles. The van der Waals surface area contributed by atoms with Gasteiger partial charge in [-0.25, -0.2) is 0 Å². The molecule has 0 saturated heterocycles. The lowest BCUT2D eigenvalue weighted by Gasteiger charge is -2.38. The molecule has 0 bridgehead atoms. The molecule has 0 saturated carbocycles. The van der Waals surface area contributed by atoms with Gasteiger partial charge >= 0.3 is 0 Å². The van der Waals surface area contributed by atoms with Crippen LogP contribution in [-0.2, 0) is 9.59 Å². The molecule has 40 heavy (non-hydrogen) atoms. The highest BCUT2D eigenvalue weighted by Gasteiger charge is 2.41. The number of allylic oxidation sites excluding steroid dienone is 3. The summed E-state index contributed by atoms with van der Waals surface area (Å²) in [6.07, 6.45) is 1.66. The highest BCUT2D eigenvalue weighted by molar-refractivity contribution is 8.01. The third kappa shape index (κ3) is 5.38. The van der Waals surface area contributed by atoms with Crippen LogP contribution in [0.5, 0.6) is 11.5 Å². The number of hydrogen-bond donors (Lipinski definition) is 2. The molecule has 0 radical (unpaired) electrons. The first-order valence-electron chi connectivity index (χ1n) is 12.4. The Morgan fingerprint density at radius 3 is 2.67 bits per heavy atom. The summed E-state index contributed by atoms with van der Waals surface area (Å²) in [5.41, 5.74) is 9.55. The molecular weight excluding hydrogens is 548 g/mol. The van der Waals surface area contributed by atoms with Crippen LogP contribution in [0.25, 0.3) is 0 Å². The van der Waals surface area contributed by atoms with E-state index in [0.29, 0.717) is 51.5 Å². The lowest BCUT2D eigenvalue weighted by atomic mass is 9.76. The number of carbonyl (C=O) groups excluding carboxylic acids is 2. The maximum absolute atomic E-state index is 13.3. The number of hydrogen-bond acceptors (Lipinski definition) is 11. The minimum Gasteiger partial charge on any atom is -0.497 e. The largest absolute Gasteiger partial charge is 0.497 e. The van der Waals surface area contributed by atoms with Crippen LogP contribution >= 0.6 is 23.1 Å². The number of rotatable bonds is 8. The Kier molecular flexibility index (Phi) is 8.04. The molecule has 12 heteroatoms. The average molecular weight is 575 g/mol. The van der Waals surface area contributed by atoms with Crippen LogP contribution in [-0.4, -0.2) is 41.9 Å². The number of ether oxygens (including phenoxy) is 2. The van der Waals surface area contributed by atoms with Crippen molar-refractivity contribution in [3.05, 3.63) is 76.8 Å². The molecule has 1 aromatic heterocycles. The Hall–Kier alpha value is -4.34. The highest BCUT2D eigenvalue weighted by atomic mass is 32.2. The quantitative estimate of drug-likeness (QED) is 0.367. The fraction of sp³-hybridized carbons (Fsp3) is 0.250. The Labute approximate surface area is 239 Å². The minimum absolute atomic E-state index is 0.0207. The number of Topliss-reactive ketones (excluding diaryl/α,β-unsaturated/α-hetero) is 1. The van der Waals surface area contributed by atoms with E-state index < -0.39 is 5.92 Å². The van der Waals surface area contributed by atoms with E-state index in [1.165, 1.54) is 23.1 Å². The lowest BCUT2D eigenvalue weighted by Crippen LogP contribution is -2.38. The minimum atomic E-state index is -0.596. The molecule has 1 atom stereocenters. The number of methoxy groups -OCH3 is 2. The fourth-order valence-corrected chi connectivity index (χ4v) is 6.52. The van der Waals surface area contributed by atoms with Crippen LogP contribution in [0.3, 0.4) is 0 Å². The van der Waals surface area contributed by atoms with Gasteiger partial charge in [-0.2, -0.15) is 5.26 Å². The molecule has 1 aliphatic carbocycles. The van der Waals surface area contributed by atoms with E-state index in [1.807, 2.05) is 24.3 Å². The number of thioether (sulfide) groups is 1. The third-order valence-corrected chi connectivity index (χ3v) is 8.65. The van der Waals surface area contributed by atoms with Gasteiger partial charge in [-0.15, -0.1) is 10.2 Å². The Balaban J connectivity index is 1.41. The Morgan fingerprint density at radius 2 is 1.93 bits per heavy atom. The summed E-state index contributed by atoms with van der Waals surface area (Å²) in [4.78, 5) is 27.5. The molecule has 3 aromatic rings. The van der Waals surface area contributed by atoms with E-state index in [2.05, 4.69) is 21.6 Å². The van der Waals surface area contributed by atoms with Crippen molar-refractivity contribution in [2.24, 2.45) is 5.73 Å². The molecule has 0 spiro atoms. The predicted molar refractivity (Wildman–Crippen MR) is 153 cm³/mol. The molecule has 1 amide bonds. The topological polar surface area (TPSA) is 143 Å². The molecule has 2 heterocycles. The summed E-state index contributed by atoms with van der Waals surface area (Å²) in [7, 11) is 3.13. The molecule has 0 fully saturated rings.